The highest BCUT2D eigenvalue weighted by atomic mass is 79.9. The molecule has 8 nitrogen and oxygen atoms in total. The third kappa shape index (κ3) is 8.76. The fraction of sp³-hybridized carbons (Fsp3) is 0.375. The van der Waals surface area contributed by atoms with Gasteiger partial charge in [-0.2, -0.15) is 0 Å². The van der Waals surface area contributed by atoms with E-state index in [9.17, 15) is 14.4 Å². The number of benzene rings is 2. The van der Waals surface area contributed by atoms with E-state index in [-0.39, 0.29) is 18.6 Å². The highest BCUT2D eigenvalue weighted by molar-refractivity contribution is 9.10. The molecule has 0 aliphatic rings. The van der Waals surface area contributed by atoms with Crippen LogP contribution in [0.25, 0.3) is 0 Å². The number of esters is 1. The minimum absolute atomic E-state index is 0.00665. The molecule has 2 aromatic carbocycles. The molecule has 2 aromatic rings. The molecule has 0 atom stereocenters. The van der Waals surface area contributed by atoms with Gasteiger partial charge < -0.3 is 14.2 Å². The highest BCUT2D eigenvalue weighted by Crippen LogP contribution is 2.31. The molecule has 0 aliphatic carbocycles. The topological polar surface area (TPSA) is 103 Å². The van der Waals surface area contributed by atoms with E-state index in [1.807, 2.05) is 19.1 Å². The Bertz CT molecular complexity index is 970. The Morgan fingerprint density at radius 1 is 0.909 bits per heavy atom. The standard InChI is InChI=1S/C24H29BrN2O6/c1-5-12-31-23(30)16-6-9-18(10-7-16)32-14-21(28)26-27-22(29)15-33-20-11-8-17(13-19(20)25)24(2,3)4/h6-11,13H,5,12,14-15H2,1-4H3,(H,26,28)(H,27,29). The summed E-state index contributed by atoms with van der Waals surface area (Å²) in [5.74, 6) is -0.566. The van der Waals surface area contributed by atoms with Crippen LogP contribution >= 0.6 is 15.9 Å². The Morgan fingerprint density at radius 2 is 1.52 bits per heavy atom. The van der Waals surface area contributed by atoms with E-state index in [2.05, 4.69) is 47.6 Å². The molecule has 0 saturated heterocycles. The molecule has 0 bridgehead atoms. The Labute approximate surface area is 202 Å². The summed E-state index contributed by atoms with van der Waals surface area (Å²) in [5.41, 5.74) is 6.04. The van der Waals surface area contributed by atoms with Crippen molar-refractivity contribution < 1.29 is 28.6 Å². The smallest absolute Gasteiger partial charge is 0.338 e. The van der Waals surface area contributed by atoms with E-state index in [1.165, 1.54) is 0 Å². The van der Waals surface area contributed by atoms with E-state index in [0.29, 0.717) is 23.7 Å². The van der Waals surface area contributed by atoms with Gasteiger partial charge >= 0.3 is 5.97 Å². The lowest BCUT2D eigenvalue weighted by Crippen LogP contribution is -2.45. The summed E-state index contributed by atoms with van der Waals surface area (Å²) in [6.45, 7) is 7.99. The molecule has 0 fully saturated rings. The minimum Gasteiger partial charge on any atom is -0.484 e. The van der Waals surface area contributed by atoms with Crippen LogP contribution in [0.4, 0.5) is 0 Å². The zero-order chi connectivity index (χ0) is 24.4. The summed E-state index contributed by atoms with van der Waals surface area (Å²) < 4.78 is 16.6. The Kier molecular flexibility index (Phi) is 9.72. The number of carbonyl (C=O) groups is 3. The van der Waals surface area contributed by atoms with Crippen LogP contribution in [0.3, 0.4) is 0 Å². The molecule has 2 N–H and O–H groups in total. The molecule has 0 spiro atoms. The van der Waals surface area contributed by atoms with E-state index in [4.69, 9.17) is 14.2 Å². The van der Waals surface area contributed by atoms with Crippen LogP contribution in [0, 0.1) is 0 Å². The number of hydrazine groups is 1. The maximum absolute atomic E-state index is 12.0. The second kappa shape index (κ2) is 12.2. The molecule has 178 valence electrons. The summed E-state index contributed by atoms with van der Waals surface area (Å²) in [5, 5.41) is 0. The molecule has 2 rings (SSSR count). The lowest BCUT2D eigenvalue weighted by molar-refractivity contribution is -0.131. The Balaban J connectivity index is 1.72. The summed E-state index contributed by atoms with van der Waals surface area (Å²) in [4.78, 5) is 35.6. The van der Waals surface area contributed by atoms with Crippen LogP contribution in [0.2, 0.25) is 0 Å². The number of amides is 2. The van der Waals surface area contributed by atoms with Gasteiger partial charge in [0.2, 0.25) is 0 Å². The van der Waals surface area contributed by atoms with Crippen LogP contribution in [-0.2, 0) is 19.7 Å². The van der Waals surface area contributed by atoms with Crippen LogP contribution in [0.15, 0.2) is 46.9 Å². The summed E-state index contributed by atoms with van der Waals surface area (Å²) in [7, 11) is 0. The normalized spacial score (nSPS) is 10.8. The summed E-state index contributed by atoms with van der Waals surface area (Å²) >= 11 is 3.45. The first-order valence-electron chi connectivity index (χ1n) is 10.5. The van der Waals surface area contributed by atoms with E-state index >= 15 is 0 Å². The first kappa shape index (κ1) is 26.2. The van der Waals surface area contributed by atoms with Crippen molar-refractivity contribution in [2.75, 3.05) is 19.8 Å². The summed E-state index contributed by atoms with van der Waals surface area (Å²) in [6.07, 6.45) is 0.743. The van der Waals surface area contributed by atoms with Gasteiger partial charge in [0.15, 0.2) is 13.2 Å². The fourth-order valence-corrected chi connectivity index (χ4v) is 3.05. The number of rotatable bonds is 9. The van der Waals surface area contributed by atoms with Gasteiger partial charge in [-0.15, -0.1) is 0 Å². The molecule has 0 unspecified atom stereocenters. The average molecular weight is 521 g/mol. The first-order valence-corrected chi connectivity index (χ1v) is 11.3. The molecule has 0 heterocycles. The van der Waals surface area contributed by atoms with Gasteiger partial charge in [0, 0.05) is 0 Å². The SMILES string of the molecule is CCCOC(=O)c1ccc(OCC(=O)NNC(=O)COc2ccc(C(C)(C)C)cc2Br)cc1. The molecular formula is C24H29BrN2O6. The van der Waals surface area contributed by atoms with Crippen molar-refractivity contribution in [2.24, 2.45) is 0 Å². The lowest BCUT2D eigenvalue weighted by Gasteiger charge is -2.20. The van der Waals surface area contributed by atoms with E-state index in [1.54, 1.807) is 30.3 Å². The van der Waals surface area contributed by atoms with Crippen molar-refractivity contribution in [2.45, 2.75) is 39.5 Å². The lowest BCUT2D eigenvalue weighted by atomic mass is 9.87. The largest absolute Gasteiger partial charge is 0.484 e. The second-order valence-electron chi connectivity index (χ2n) is 8.23. The van der Waals surface area contributed by atoms with Gasteiger partial charge in [0.25, 0.3) is 11.8 Å². The Morgan fingerprint density at radius 3 is 2.06 bits per heavy atom. The number of nitrogens with one attached hydrogen (secondary N) is 2. The van der Waals surface area contributed by atoms with Crippen LogP contribution in [0.1, 0.15) is 50.0 Å². The molecule has 0 radical (unpaired) electrons. The van der Waals surface area contributed by atoms with Crippen molar-refractivity contribution in [3.63, 3.8) is 0 Å². The molecule has 9 heteroatoms. The van der Waals surface area contributed by atoms with E-state index < -0.39 is 17.8 Å². The molecular weight excluding hydrogens is 492 g/mol. The number of halogens is 1. The quantitative estimate of drug-likeness (QED) is 0.383. The third-order valence-corrected chi connectivity index (χ3v) is 5.01. The van der Waals surface area contributed by atoms with Crippen molar-refractivity contribution in [3.8, 4) is 11.5 Å². The van der Waals surface area contributed by atoms with Crippen molar-refractivity contribution in [1.29, 1.82) is 0 Å². The zero-order valence-corrected chi connectivity index (χ0v) is 20.8. The van der Waals surface area contributed by atoms with Gasteiger partial charge in [-0.25, -0.2) is 4.79 Å². The van der Waals surface area contributed by atoms with Crippen molar-refractivity contribution in [1.82, 2.24) is 10.9 Å². The van der Waals surface area contributed by atoms with Crippen LogP contribution < -0.4 is 20.3 Å². The molecule has 2 amide bonds. The molecule has 0 aliphatic heterocycles. The highest BCUT2D eigenvalue weighted by Gasteiger charge is 2.16. The van der Waals surface area contributed by atoms with Gasteiger partial charge in [0.1, 0.15) is 11.5 Å². The van der Waals surface area contributed by atoms with Crippen molar-refractivity contribution in [3.05, 3.63) is 58.1 Å². The summed E-state index contributed by atoms with van der Waals surface area (Å²) in [6, 6.07) is 11.9. The predicted octanol–water partition coefficient (Wildman–Crippen LogP) is 3.92. The van der Waals surface area contributed by atoms with Gasteiger partial charge in [-0.05, 0) is 69.7 Å². The number of hydrogen-bond donors (Lipinski definition) is 2. The Hall–Kier alpha value is -3.07. The third-order valence-electron chi connectivity index (χ3n) is 4.40. The van der Waals surface area contributed by atoms with Gasteiger partial charge in [-0.3, -0.25) is 20.4 Å². The minimum atomic E-state index is -0.550. The van der Waals surface area contributed by atoms with E-state index in [0.717, 1.165) is 16.5 Å². The molecule has 0 aromatic heterocycles. The number of ether oxygens (including phenoxy) is 3. The average Bonchev–Trinajstić information content (AvgIpc) is 2.78. The monoisotopic (exact) mass is 520 g/mol. The number of hydrogen-bond acceptors (Lipinski definition) is 6. The zero-order valence-electron chi connectivity index (χ0n) is 19.2. The predicted molar refractivity (Wildman–Crippen MR) is 127 cm³/mol. The fourth-order valence-electron chi connectivity index (χ4n) is 2.55. The van der Waals surface area contributed by atoms with Crippen LogP contribution in [0.5, 0.6) is 11.5 Å². The van der Waals surface area contributed by atoms with Gasteiger partial charge in [0.05, 0.1) is 16.6 Å². The maximum Gasteiger partial charge on any atom is 0.338 e. The van der Waals surface area contributed by atoms with Crippen LogP contribution in [-0.4, -0.2) is 37.6 Å². The molecule has 33 heavy (non-hydrogen) atoms. The first-order chi connectivity index (χ1) is 15.6. The second-order valence-corrected chi connectivity index (χ2v) is 9.08. The maximum atomic E-state index is 12.0. The molecule has 0 saturated carbocycles. The van der Waals surface area contributed by atoms with Gasteiger partial charge in [-0.1, -0.05) is 33.8 Å². The number of carbonyl (C=O) groups excluding carboxylic acids is 3. The van der Waals surface area contributed by atoms with Crippen molar-refractivity contribution >= 4 is 33.7 Å².